The van der Waals surface area contributed by atoms with Crippen LogP contribution < -0.4 is 9.64 Å². The molecule has 31 heavy (non-hydrogen) atoms. The first kappa shape index (κ1) is 20.7. The van der Waals surface area contributed by atoms with Gasteiger partial charge < -0.3 is 19.7 Å². The van der Waals surface area contributed by atoms with Crippen LogP contribution in [0.4, 0.5) is 19.0 Å². The molecule has 1 saturated heterocycles. The number of carbonyl (C=O) groups is 1. The van der Waals surface area contributed by atoms with Crippen LogP contribution in [0.3, 0.4) is 0 Å². The number of imidazole rings is 1. The molecular formula is C21H19F3N4O3. The van der Waals surface area contributed by atoms with E-state index < -0.39 is 17.8 Å². The highest BCUT2D eigenvalue weighted by atomic mass is 19.4. The fraction of sp³-hybridized carbons (Fsp3) is 0.286. The van der Waals surface area contributed by atoms with E-state index in [2.05, 4.69) is 19.9 Å². The molecule has 4 rings (SSSR count). The monoisotopic (exact) mass is 432 g/mol. The Morgan fingerprint density at radius 2 is 1.77 bits per heavy atom. The van der Waals surface area contributed by atoms with Gasteiger partial charge >= 0.3 is 12.1 Å². The summed E-state index contributed by atoms with van der Waals surface area (Å²) in [7, 11) is 0. The van der Waals surface area contributed by atoms with Gasteiger partial charge in [0.15, 0.2) is 0 Å². The van der Waals surface area contributed by atoms with Gasteiger partial charge in [0.05, 0.1) is 11.8 Å². The summed E-state index contributed by atoms with van der Waals surface area (Å²) in [5, 5.41) is 8.95. The number of aromatic carboxylic acids is 1. The molecule has 0 unspecified atom stereocenters. The quantitative estimate of drug-likeness (QED) is 0.627. The molecular weight excluding hydrogens is 413 g/mol. The SMILES string of the molecule is O=C(O)c1ccc(OC2CCN(c3ccc(-c4ncc(C(F)(F)F)[nH]4)cn3)CC2)cc1. The number of H-pyrrole nitrogens is 1. The second-order valence-corrected chi connectivity index (χ2v) is 7.18. The van der Waals surface area contributed by atoms with E-state index >= 15 is 0 Å². The number of anilines is 1. The minimum atomic E-state index is -4.47. The lowest BCUT2D eigenvalue weighted by Crippen LogP contribution is -2.38. The molecule has 3 heterocycles. The molecule has 7 nitrogen and oxygen atoms in total. The standard InChI is InChI=1S/C21H19F3N4O3/c22-21(23,24)17-12-26-19(27-17)14-3-6-18(25-11-14)28-9-7-16(8-10-28)31-15-4-1-13(2-5-15)20(29)30/h1-6,11-12,16H,7-10H2,(H,26,27)(H,29,30). The number of nitrogens with zero attached hydrogens (tertiary/aromatic N) is 3. The molecule has 1 aliphatic rings. The summed E-state index contributed by atoms with van der Waals surface area (Å²) in [6, 6.07) is 9.76. The van der Waals surface area contributed by atoms with Crippen LogP contribution in [0.2, 0.25) is 0 Å². The molecule has 0 aliphatic carbocycles. The topological polar surface area (TPSA) is 91.3 Å². The number of rotatable bonds is 5. The van der Waals surface area contributed by atoms with Crippen molar-refractivity contribution in [2.45, 2.75) is 25.1 Å². The van der Waals surface area contributed by atoms with E-state index in [1.165, 1.54) is 18.3 Å². The lowest BCUT2D eigenvalue weighted by Gasteiger charge is -2.33. The summed E-state index contributed by atoms with van der Waals surface area (Å²) >= 11 is 0. The zero-order chi connectivity index (χ0) is 22.0. The predicted molar refractivity (Wildman–Crippen MR) is 106 cm³/mol. The van der Waals surface area contributed by atoms with Crippen molar-refractivity contribution in [2.75, 3.05) is 18.0 Å². The molecule has 1 aliphatic heterocycles. The molecule has 0 radical (unpaired) electrons. The summed E-state index contributed by atoms with van der Waals surface area (Å²) in [5.41, 5.74) is -0.214. The Morgan fingerprint density at radius 1 is 1.06 bits per heavy atom. The number of benzene rings is 1. The van der Waals surface area contributed by atoms with Crippen LogP contribution >= 0.6 is 0 Å². The van der Waals surface area contributed by atoms with Gasteiger partial charge in [0.1, 0.15) is 29.2 Å². The van der Waals surface area contributed by atoms with Gasteiger partial charge in [0.2, 0.25) is 0 Å². The average molecular weight is 432 g/mol. The van der Waals surface area contributed by atoms with E-state index in [9.17, 15) is 18.0 Å². The lowest BCUT2D eigenvalue weighted by molar-refractivity contribution is -0.140. The number of nitrogens with one attached hydrogen (secondary N) is 1. The zero-order valence-electron chi connectivity index (χ0n) is 16.3. The Morgan fingerprint density at radius 3 is 2.32 bits per heavy atom. The summed E-state index contributed by atoms with van der Waals surface area (Å²) in [5.74, 6) is 0.497. The van der Waals surface area contributed by atoms with Gasteiger partial charge in [-0.05, 0) is 36.4 Å². The van der Waals surface area contributed by atoms with E-state index in [1.807, 2.05) is 0 Å². The fourth-order valence-corrected chi connectivity index (χ4v) is 3.40. The number of carboxylic acid groups (broad SMARTS) is 1. The van der Waals surface area contributed by atoms with Crippen molar-refractivity contribution in [3.8, 4) is 17.1 Å². The molecule has 1 aromatic carbocycles. The normalized spacial score (nSPS) is 15.1. The molecule has 0 atom stereocenters. The fourth-order valence-electron chi connectivity index (χ4n) is 3.40. The van der Waals surface area contributed by atoms with Crippen LogP contribution in [0.15, 0.2) is 48.8 Å². The Labute approximate surface area is 175 Å². The van der Waals surface area contributed by atoms with E-state index in [4.69, 9.17) is 9.84 Å². The van der Waals surface area contributed by atoms with Crippen molar-refractivity contribution in [1.82, 2.24) is 15.0 Å². The number of hydrogen-bond donors (Lipinski definition) is 2. The third kappa shape index (κ3) is 4.79. The van der Waals surface area contributed by atoms with Crippen molar-refractivity contribution >= 4 is 11.8 Å². The number of alkyl halides is 3. The third-order valence-electron chi connectivity index (χ3n) is 5.07. The summed E-state index contributed by atoms with van der Waals surface area (Å²) in [6.07, 6.45) is -0.669. The predicted octanol–water partition coefficient (Wildman–Crippen LogP) is 4.24. The number of piperidine rings is 1. The number of carboxylic acids is 1. The number of hydrogen-bond acceptors (Lipinski definition) is 5. The molecule has 162 valence electrons. The van der Waals surface area contributed by atoms with Crippen molar-refractivity contribution in [1.29, 1.82) is 0 Å². The number of pyridine rings is 1. The maximum atomic E-state index is 12.7. The molecule has 2 N–H and O–H groups in total. The Bertz CT molecular complexity index is 1040. The van der Waals surface area contributed by atoms with Crippen LogP contribution in [0.1, 0.15) is 28.9 Å². The second-order valence-electron chi connectivity index (χ2n) is 7.18. The minimum Gasteiger partial charge on any atom is -0.490 e. The van der Waals surface area contributed by atoms with Gasteiger partial charge in [-0.1, -0.05) is 0 Å². The van der Waals surface area contributed by atoms with E-state index in [0.717, 1.165) is 24.9 Å². The number of aromatic nitrogens is 3. The molecule has 1 fully saturated rings. The first-order chi connectivity index (χ1) is 14.8. The van der Waals surface area contributed by atoms with Gasteiger partial charge in [-0.15, -0.1) is 0 Å². The van der Waals surface area contributed by atoms with Crippen molar-refractivity contribution in [3.63, 3.8) is 0 Å². The van der Waals surface area contributed by atoms with E-state index in [1.54, 1.807) is 24.3 Å². The molecule has 3 aromatic rings. The number of ether oxygens (including phenoxy) is 1. The first-order valence-corrected chi connectivity index (χ1v) is 9.63. The third-order valence-corrected chi connectivity index (χ3v) is 5.07. The highest BCUT2D eigenvalue weighted by Gasteiger charge is 2.33. The molecule has 0 amide bonds. The van der Waals surface area contributed by atoms with Gasteiger partial charge in [-0.2, -0.15) is 13.2 Å². The van der Waals surface area contributed by atoms with Crippen LogP contribution in [0.25, 0.3) is 11.4 Å². The Kier molecular flexibility index (Phi) is 5.53. The van der Waals surface area contributed by atoms with E-state index in [-0.39, 0.29) is 17.5 Å². The second kappa shape index (κ2) is 8.29. The largest absolute Gasteiger partial charge is 0.490 e. The average Bonchev–Trinajstić information content (AvgIpc) is 3.26. The van der Waals surface area contributed by atoms with Crippen molar-refractivity contribution in [2.24, 2.45) is 0 Å². The zero-order valence-corrected chi connectivity index (χ0v) is 16.3. The molecule has 0 saturated carbocycles. The van der Waals surface area contributed by atoms with Crippen molar-refractivity contribution < 1.29 is 27.8 Å². The summed E-state index contributed by atoms with van der Waals surface area (Å²) < 4.78 is 44.1. The van der Waals surface area contributed by atoms with Crippen LogP contribution in [-0.2, 0) is 6.18 Å². The van der Waals surface area contributed by atoms with Crippen LogP contribution in [0, 0.1) is 0 Å². The van der Waals surface area contributed by atoms with Crippen molar-refractivity contribution in [3.05, 3.63) is 60.0 Å². The maximum absolute atomic E-state index is 12.7. The molecule has 0 bridgehead atoms. The van der Waals surface area contributed by atoms with E-state index in [0.29, 0.717) is 24.4 Å². The Hall–Kier alpha value is -3.56. The maximum Gasteiger partial charge on any atom is 0.432 e. The first-order valence-electron chi connectivity index (χ1n) is 9.63. The molecule has 2 aromatic heterocycles. The smallest absolute Gasteiger partial charge is 0.432 e. The number of aromatic amines is 1. The van der Waals surface area contributed by atoms with Gasteiger partial charge in [0, 0.05) is 37.7 Å². The highest BCUT2D eigenvalue weighted by Crippen LogP contribution is 2.30. The van der Waals surface area contributed by atoms with Gasteiger partial charge in [-0.3, -0.25) is 0 Å². The highest BCUT2D eigenvalue weighted by molar-refractivity contribution is 5.87. The summed E-state index contributed by atoms with van der Waals surface area (Å²) in [4.78, 5) is 23.4. The Balaban J connectivity index is 1.33. The molecule has 0 spiro atoms. The van der Waals surface area contributed by atoms with Crippen LogP contribution in [-0.4, -0.2) is 45.2 Å². The van der Waals surface area contributed by atoms with Crippen LogP contribution in [0.5, 0.6) is 5.75 Å². The minimum absolute atomic E-state index is 0.00936. The van der Waals surface area contributed by atoms with Gasteiger partial charge in [-0.25, -0.2) is 14.8 Å². The summed E-state index contributed by atoms with van der Waals surface area (Å²) in [6.45, 7) is 1.42. The molecule has 10 heteroatoms. The van der Waals surface area contributed by atoms with Gasteiger partial charge in [0.25, 0.3) is 0 Å². The lowest BCUT2D eigenvalue weighted by atomic mass is 10.1. The number of halogens is 3.